The molecule has 464 valence electrons. The summed E-state index contributed by atoms with van der Waals surface area (Å²) >= 11 is 12.7. The fourth-order valence-electron chi connectivity index (χ4n) is 7.25. The smallest absolute Gasteiger partial charge is 0.305 e. The van der Waals surface area contributed by atoms with Crippen molar-refractivity contribution in [2.24, 2.45) is 0 Å². The van der Waals surface area contributed by atoms with E-state index in [1.165, 1.54) is 33.3 Å². The molecule has 0 saturated carbocycles. The SMILES string of the molecule is CCNC(=O)CCOCCOCCOCCOCCNC(=O)CCNc1ccc(-c2nc3ccc(C)cc3s2)cc1.CCl.CCl.Cc1ccc2nc(-c3ccc(NCCC(=O)NCCOCCOCCOCCOCCC(=O)O)cc3)sc2c1. The first-order chi connectivity index (χ1) is 41.1. The lowest BCUT2D eigenvalue weighted by atomic mass is 10.2. The molecule has 0 fully saturated rings. The third kappa shape index (κ3) is 32.6. The number of carbonyl (C=O) groups excluding carboxylic acids is 3. The summed E-state index contributed by atoms with van der Waals surface area (Å²) in [6, 6.07) is 28.8. The summed E-state index contributed by atoms with van der Waals surface area (Å²) in [5.74, 6) is -0.942. The van der Waals surface area contributed by atoms with Crippen molar-refractivity contribution in [3.05, 3.63) is 96.1 Å². The van der Waals surface area contributed by atoms with Crippen LogP contribution in [0.4, 0.5) is 11.4 Å². The van der Waals surface area contributed by atoms with Gasteiger partial charge in [-0.1, -0.05) is 12.1 Å². The number of carboxylic acid groups (broad SMARTS) is 1. The maximum atomic E-state index is 12.1. The largest absolute Gasteiger partial charge is 0.481 e. The van der Waals surface area contributed by atoms with Crippen LogP contribution in [-0.2, 0) is 57.1 Å². The molecule has 6 N–H and O–H groups in total. The Balaban J connectivity index is 0.000000416. The lowest BCUT2D eigenvalue weighted by molar-refractivity contribution is -0.138. The second-order valence-corrected chi connectivity index (χ2v) is 20.0. The van der Waals surface area contributed by atoms with Crippen molar-refractivity contribution in [3.63, 3.8) is 0 Å². The number of fused-ring (bicyclic) bond motifs is 2. The summed E-state index contributed by atoms with van der Waals surface area (Å²) in [5.41, 5.74) is 8.59. The van der Waals surface area contributed by atoms with Gasteiger partial charge in [-0.05, 0) is 105 Å². The first kappa shape index (κ1) is 72.7. The van der Waals surface area contributed by atoms with Crippen LogP contribution in [0.5, 0.6) is 0 Å². The summed E-state index contributed by atoms with van der Waals surface area (Å²) in [6.07, 6.45) is 4.04. The van der Waals surface area contributed by atoms with Gasteiger partial charge in [-0.15, -0.1) is 45.9 Å². The van der Waals surface area contributed by atoms with Crippen molar-refractivity contribution in [2.75, 3.05) is 162 Å². The minimum atomic E-state index is -0.878. The van der Waals surface area contributed by atoms with E-state index in [-0.39, 0.29) is 30.7 Å². The van der Waals surface area contributed by atoms with E-state index in [9.17, 15) is 19.2 Å². The standard InChI is InChI=1S/C30H42N4O6S.C28H37N3O7S.2CH3Cl/c1-3-31-29(36)11-14-37-16-18-39-20-21-40-19-17-38-15-13-33-28(35)10-12-32-25-7-5-24(6-8-25)30-34-26-9-4-23(2)22-27(26)41-30;1-21-2-7-24-25(20-21)39-28(31-24)22-3-5-23(6-4-22)29-10-8-26(32)30-11-13-36-15-17-38-19-18-37-16-14-35-12-9-27(33)34;2*1-2/h4-9,22,32H,3,10-21H2,1-2H3,(H,31,36)(H,33,35);2-7,20,29H,8-19H2,1H3,(H,30,32)(H,33,34);2*1H3. The molecule has 0 spiro atoms. The molecule has 20 nitrogen and oxygen atoms in total. The molecule has 0 radical (unpaired) electrons. The number of hydrogen-bond donors (Lipinski definition) is 6. The highest BCUT2D eigenvalue weighted by molar-refractivity contribution is 7.22. The fourth-order valence-corrected chi connectivity index (χ4v) is 9.39. The van der Waals surface area contributed by atoms with Crippen LogP contribution in [0.2, 0.25) is 0 Å². The molecule has 0 bridgehead atoms. The van der Waals surface area contributed by atoms with Gasteiger partial charge < -0.3 is 69.6 Å². The molecule has 2 aromatic heterocycles. The summed E-state index contributed by atoms with van der Waals surface area (Å²) in [6.45, 7) is 15.3. The molecule has 0 unspecified atom stereocenters. The number of aryl methyl sites for hydroxylation is 2. The highest BCUT2D eigenvalue weighted by Crippen LogP contribution is 2.32. The summed E-state index contributed by atoms with van der Waals surface area (Å²) in [7, 11) is 0. The average molecular weight is 1250 g/mol. The van der Waals surface area contributed by atoms with Crippen LogP contribution < -0.4 is 26.6 Å². The van der Waals surface area contributed by atoms with Crippen molar-refractivity contribution in [3.8, 4) is 21.1 Å². The molecule has 0 saturated heterocycles. The Hall–Kier alpha value is -5.60. The second kappa shape index (κ2) is 46.7. The number of aromatic nitrogens is 2. The Morgan fingerprint density at radius 1 is 0.429 bits per heavy atom. The van der Waals surface area contributed by atoms with Gasteiger partial charge in [-0.25, -0.2) is 9.97 Å². The molecule has 0 aliphatic heterocycles. The monoisotopic (exact) mass is 1250 g/mol. The van der Waals surface area contributed by atoms with Gasteiger partial charge in [-0.3, -0.25) is 19.2 Å². The minimum Gasteiger partial charge on any atom is -0.481 e. The number of benzene rings is 4. The van der Waals surface area contributed by atoms with Crippen LogP contribution in [0.1, 0.15) is 43.7 Å². The number of halogens is 2. The molecule has 0 aliphatic rings. The number of carboxylic acids is 1. The van der Waals surface area contributed by atoms with Crippen LogP contribution in [0.15, 0.2) is 84.9 Å². The van der Waals surface area contributed by atoms with Gasteiger partial charge in [0, 0.05) is 87.3 Å². The van der Waals surface area contributed by atoms with Crippen LogP contribution in [-0.4, -0.2) is 190 Å². The first-order valence-corrected chi connectivity index (χ1v) is 31.0. The van der Waals surface area contributed by atoms with E-state index in [0.29, 0.717) is 151 Å². The highest BCUT2D eigenvalue weighted by Gasteiger charge is 2.10. The maximum absolute atomic E-state index is 12.1. The molecular weight excluding hydrogens is 1160 g/mol. The van der Waals surface area contributed by atoms with Crippen molar-refractivity contribution >= 4 is 101 Å². The number of amides is 3. The molecular formula is C60H85Cl2N7O13S2. The van der Waals surface area contributed by atoms with E-state index in [1.54, 1.807) is 22.7 Å². The van der Waals surface area contributed by atoms with E-state index in [4.69, 9.17) is 53.0 Å². The summed E-state index contributed by atoms with van der Waals surface area (Å²) in [5, 5.41) is 25.5. The molecule has 0 atom stereocenters. The molecule has 84 heavy (non-hydrogen) atoms. The zero-order valence-electron chi connectivity index (χ0n) is 49.1. The number of alkyl halides is 2. The summed E-state index contributed by atoms with van der Waals surface area (Å²) in [4.78, 5) is 55.2. The molecule has 3 amide bonds. The summed E-state index contributed by atoms with van der Waals surface area (Å²) < 4.78 is 45.4. The predicted octanol–water partition coefficient (Wildman–Crippen LogP) is 9.22. The number of anilines is 2. The average Bonchev–Trinajstić information content (AvgIpc) is 3.99. The van der Waals surface area contributed by atoms with Gasteiger partial charge in [0.05, 0.1) is 133 Å². The number of rotatable bonds is 41. The van der Waals surface area contributed by atoms with Gasteiger partial charge in [0.15, 0.2) is 0 Å². The van der Waals surface area contributed by atoms with E-state index in [2.05, 4.69) is 112 Å². The zero-order chi connectivity index (χ0) is 60.8. The second-order valence-electron chi connectivity index (χ2n) is 17.9. The highest BCUT2D eigenvalue weighted by atomic mass is 35.5. The van der Waals surface area contributed by atoms with Gasteiger partial charge >= 0.3 is 5.97 Å². The number of hydrogen-bond acceptors (Lipinski definition) is 18. The van der Waals surface area contributed by atoms with Crippen molar-refractivity contribution < 1.29 is 62.2 Å². The molecule has 6 aromatic rings. The van der Waals surface area contributed by atoms with E-state index in [1.807, 2.05) is 43.3 Å². The first-order valence-electron chi connectivity index (χ1n) is 27.9. The van der Waals surface area contributed by atoms with E-state index >= 15 is 0 Å². The Bertz CT molecular complexity index is 2720. The molecule has 6 rings (SSSR count). The fraction of sp³-hybridized carbons (Fsp3) is 0.500. The number of aliphatic carboxylic acids is 1. The van der Waals surface area contributed by atoms with Crippen LogP contribution in [0.3, 0.4) is 0 Å². The van der Waals surface area contributed by atoms with E-state index in [0.717, 1.165) is 43.6 Å². The molecule has 24 heteroatoms. The van der Waals surface area contributed by atoms with Crippen molar-refractivity contribution in [2.45, 2.75) is 46.5 Å². The number of nitrogens with zero attached hydrogens (tertiary/aromatic N) is 2. The van der Waals surface area contributed by atoms with Crippen molar-refractivity contribution in [1.29, 1.82) is 0 Å². The van der Waals surface area contributed by atoms with Gasteiger partial charge in [-0.2, -0.15) is 0 Å². The number of carbonyl (C=O) groups is 4. The molecule has 2 heterocycles. The zero-order valence-corrected chi connectivity index (χ0v) is 52.2. The topological polar surface area (TPSA) is 248 Å². The normalized spacial score (nSPS) is 10.7. The maximum Gasteiger partial charge on any atom is 0.305 e. The number of thiazole rings is 2. The van der Waals surface area contributed by atoms with Gasteiger partial charge in [0.1, 0.15) is 10.0 Å². The van der Waals surface area contributed by atoms with Crippen molar-refractivity contribution in [1.82, 2.24) is 25.9 Å². The predicted molar refractivity (Wildman–Crippen MR) is 337 cm³/mol. The third-order valence-corrected chi connectivity index (χ3v) is 13.5. The number of ether oxygens (including phenoxy) is 8. The third-order valence-electron chi connectivity index (χ3n) is 11.4. The van der Waals surface area contributed by atoms with Crippen LogP contribution in [0, 0.1) is 13.8 Å². The number of nitrogens with one attached hydrogen (secondary N) is 5. The van der Waals surface area contributed by atoms with Gasteiger partial charge in [0.2, 0.25) is 17.7 Å². The molecule has 0 aliphatic carbocycles. The van der Waals surface area contributed by atoms with Gasteiger partial charge in [0.25, 0.3) is 0 Å². The van der Waals surface area contributed by atoms with E-state index < -0.39 is 5.97 Å². The van der Waals surface area contributed by atoms with Crippen LogP contribution >= 0.6 is 45.9 Å². The Labute approximate surface area is 512 Å². The van der Waals surface area contributed by atoms with Crippen LogP contribution in [0.25, 0.3) is 41.6 Å². The lowest BCUT2D eigenvalue weighted by Gasteiger charge is -2.09. The Morgan fingerprint density at radius 2 is 0.762 bits per heavy atom. The Morgan fingerprint density at radius 3 is 1.12 bits per heavy atom. The minimum absolute atomic E-state index is 0.00552. The molecule has 4 aromatic carbocycles. The Kier molecular flexibility index (Phi) is 40.4. The lowest BCUT2D eigenvalue weighted by Crippen LogP contribution is -2.29. The quantitative estimate of drug-likeness (QED) is 0.0155.